The van der Waals surface area contributed by atoms with Crippen molar-refractivity contribution in [3.63, 3.8) is 0 Å². The molecule has 4 bridgehead atoms. The van der Waals surface area contributed by atoms with Crippen molar-refractivity contribution in [2.24, 2.45) is 23.2 Å². The third-order valence-corrected chi connectivity index (χ3v) is 7.40. The molecule has 0 saturated heterocycles. The van der Waals surface area contributed by atoms with Crippen molar-refractivity contribution < 1.29 is 9.90 Å². The van der Waals surface area contributed by atoms with Crippen molar-refractivity contribution in [2.75, 3.05) is 6.54 Å². The summed E-state index contributed by atoms with van der Waals surface area (Å²) in [5, 5.41) is 12.7. The molecule has 4 saturated carbocycles. The Morgan fingerprint density at radius 3 is 2.23 bits per heavy atom. The summed E-state index contributed by atoms with van der Waals surface area (Å²) in [5.74, 6) is 1.97. The summed E-state index contributed by atoms with van der Waals surface area (Å²) in [6.45, 7) is 3.71. The normalized spacial score (nSPS) is 33.3. The fourth-order valence-corrected chi connectivity index (χ4v) is 6.48. The highest BCUT2D eigenvalue weighted by atomic mass is 16.4. The second-order valence-electron chi connectivity index (χ2n) is 9.50. The minimum atomic E-state index is -0.763. The molecule has 3 nitrogen and oxygen atoms in total. The SMILES string of the molecule is CC(C(=O)O)c1ccc(CNCCCC23CC4CC(CC(C4)C2)C3)cc1. The lowest BCUT2D eigenvalue weighted by Gasteiger charge is -2.57. The first-order chi connectivity index (χ1) is 12.5. The molecule has 0 aliphatic heterocycles. The second-order valence-corrected chi connectivity index (χ2v) is 9.50. The first kappa shape index (κ1) is 18.0. The minimum Gasteiger partial charge on any atom is -0.481 e. The largest absolute Gasteiger partial charge is 0.481 e. The van der Waals surface area contributed by atoms with Crippen molar-refractivity contribution in [3.8, 4) is 0 Å². The predicted octanol–water partition coefficient (Wildman–Crippen LogP) is 4.96. The van der Waals surface area contributed by atoms with Crippen molar-refractivity contribution in [2.45, 2.75) is 70.8 Å². The number of nitrogens with one attached hydrogen (secondary N) is 1. The fourth-order valence-electron chi connectivity index (χ4n) is 6.48. The van der Waals surface area contributed by atoms with Crippen molar-refractivity contribution in [1.29, 1.82) is 0 Å². The van der Waals surface area contributed by atoms with Gasteiger partial charge in [-0.2, -0.15) is 0 Å². The molecule has 0 aromatic heterocycles. The third-order valence-electron chi connectivity index (χ3n) is 7.40. The Labute approximate surface area is 157 Å². The zero-order valence-electron chi connectivity index (χ0n) is 16.0. The first-order valence-corrected chi connectivity index (χ1v) is 10.6. The summed E-state index contributed by atoms with van der Waals surface area (Å²) in [7, 11) is 0. The van der Waals surface area contributed by atoms with Crippen molar-refractivity contribution >= 4 is 5.97 Å². The molecule has 2 N–H and O–H groups in total. The molecule has 142 valence electrons. The van der Waals surface area contributed by atoms with E-state index in [1.54, 1.807) is 6.92 Å². The Hall–Kier alpha value is -1.35. The molecule has 0 amide bonds. The topological polar surface area (TPSA) is 49.3 Å². The van der Waals surface area contributed by atoms with E-state index < -0.39 is 11.9 Å². The van der Waals surface area contributed by atoms with E-state index in [9.17, 15) is 4.79 Å². The van der Waals surface area contributed by atoms with E-state index in [1.165, 1.54) is 56.9 Å². The third kappa shape index (κ3) is 3.83. The minimum absolute atomic E-state index is 0.433. The number of carboxylic acid groups (broad SMARTS) is 1. The molecule has 0 spiro atoms. The number of hydrogen-bond donors (Lipinski definition) is 2. The van der Waals surface area contributed by atoms with Gasteiger partial charge in [0, 0.05) is 6.54 Å². The molecule has 5 rings (SSSR count). The first-order valence-electron chi connectivity index (χ1n) is 10.6. The zero-order valence-corrected chi connectivity index (χ0v) is 16.0. The molecule has 1 aromatic rings. The smallest absolute Gasteiger partial charge is 0.310 e. The Bertz CT molecular complexity index is 601. The van der Waals surface area contributed by atoms with Crippen LogP contribution < -0.4 is 5.32 Å². The van der Waals surface area contributed by atoms with E-state index in [0.717, 1.165) is 36.4 Å². The van der Waals surface area contributed by atoms with Gasteiger partial charge in [0.15, 0.2) is 0 Å². The lowest BCUT2D eigenvalue weighted by atomic mass is 9.48. The highest BCUT2D eigenvalue weighted by Crippen LogP contribution is 2.61. The summed E-state index contributed by atoms with van der Waals surface area (Å²) in [4.78, 5) is 11.0. The van der Waals surface area contributed by atoms with Gasteiger partial charge in [0.05, 0.1) is 5.92 Å². The van der Waals surface area contributed by atoms with Crippen LogP contribution in [0.4, 0.5) is 0 Å². The lowest BCUT2D eigenvalue weighted by Crippen LogP contribution is -2.46. The number of carboxylic acids is 1. The Balaban J connectivity index is 1.19. The average Bonchev–Trinajstić information content (AvgIpc) is 2.60. The predicted molar refractivity (Wildman–Crippen MR) is 104 cm³/mol. The summed E-state index contributed by atoms with van der Waals surface area (Å²) >= 11 is 0. The lowest BCUT2D eigenvalue weighted by molar-refractivity contribution is -0.138. The number of hydrogen-bond acceptors (Lipinski definition) is 2. The highest BCUT2D eigenvalue weighted by molar-refractivity contribution is 5.75. The van der Waals surface area contributed by atoms with Crippen LogP contribution in [0.25, 0.3) is 0 Å². The van der Waals surface area contributed by atoms with E-state index in [0.29, 0.717) is 5.41 Å². The molecule has 1 unspecified atom stereocenters. The molecule has 4 fully saturated rings. The van der Waals surface area contributed by atoms with Gasteiger partial charge in [-0.25, -0.2) is 0 Å². The van der Waals surface area contributed by atoms with Crippen LogP contribution in [-0.4, -0.2) is 17.6 Å². The Morgan fingerprint density at radius 2 is 1.69 bits per heavy atom. The highest BCUT2D eigenvalue weighted by Gasteiger charge is 2.50. The molecule has 3 heteroatoms. The summed E-state index contributed by atoms with van der Waals surface area (Å²) in [6, 6.07) is 8.01. The zero-order chi connectivity index (χ0) is 18.1. The van der Waals surface area contributed by atoms with Crippen LogP contribution >= 0.6 is 0 Å². The van der Waals surface area contributed by atoms with Crippen LogP contribution in [0.5, 0.6) is 0 Å². The van der Waals surface area contributed by atoms with Crippen LogP contribution in [0.1, 0.15) is 75.3 Å². The van der Waals surface area contributed by atoms with Crippen LogP contribution in [0.15, 0.2) is 24.3 Å². The van der Waals surface area contributed by atoms with E-state index >= 15 is 0 Å². The Morgan fingerprint density at radius 1 is 1.12 bits per heavy atom. The quantitative estimate of drug-likeness (QED) is 0.648. The summed E-state index contributed by atoms with van der Waals surface area (Å²) in [6.07, 6.45) is 11.9. The van der Waals surface area contributed by atoms with Crippen LogP contribution in [0.3, 0.4) is 0 Å². The van der Waals surface area contributed by atoms with Gasteiger partial charge in [0.1, 0.15) is 0 Å². The molecule has 4 aliphatic carbocycles. The summed E-state index contributed by atoms with van der Waals surface area (Å²) in [5.41, 5.74) is 2.81. The number of benzene rings is 1. The monoisotopic (exact) mass is 355 g/mol. The summed E-state index contributed by atoms with van der Waals surface area (Å²) < 4.78 is 0. The van der Waals surface area contributed by atoms with Gasteiger partial charge in [-0.15, -0.1) is 0 Å². The average molecular weight is 356 g/mol. The molecular weight excluding hydrogens is 322 g/mol. The van der Waals surface area contributed by atoms with Gasteiger partial charge >= 0.3 is 5.97 Å². The Kier molecular flexibility index (Phi) is 5.09. The molecule has 0 radical (unpaired) electrons. The van der Waals surface area contributed by atoms with Crippen LogP contribution in [0, 0.1) is 23.2 Å². The van der Waals surface area contributed by atoms with Crippen molar-refractivity contribution in [3.05, 3.63) is 35.4 Å². The van der Waals surface area contributed by atoms with Gasteiger partial charge in [0.2, 0.25) is 0 Å². The fraction of sp³-hybridized carbons (Fsp3) is 0.696. The molecule has 26 heavy (non-hydrogen) atoms. The number of carbonyl (C=O) groups is 1. The van der Waals surface area contributed by atoms with E-state index in [-0.39, 0.29) is 0 Å². The van der Waals surface area contributed by atoms with Gasteiger partial charge in [0.25, 0.3) is 0 Å². The molecular formula is C23H33NO2. The maximum Gasteiger partial charge on any atom is 0.310 e. The van der Waals surface area contributed by atoms with Crippen LogP contribution in [0.2, 0.25) is 0 Å². The molecule has 0 heterocycles. The number of aliphatic carboxylic acids is 1. The molecule has 1 atom stereocenters. The van der Waals surface area contributed by atoms with Crippen LogP contribution in [-0.2, 0) is 11.3 Å². The van der Waals surface area contributed by atoms with Gasteiger partial charge < -0.3 is 10.4 Å². The van der Waals surface area contributed by atoms with E-state index in [4.69, 9.17) is 5.11 Å². The second kappa shape index (κ2) is 7.34. The maximum atomic E-state index is 11.0. The van der Waals surface area contributed by atoms with Crippen molar-refractivity contribution in [1.82, 2.24) is 5.32 Å². The van der Waals surface area contributed by atoms with E-state index in [2.05, 4.69) is 17.4 Å². The maximum absolute atomic E-state index is 11.0. The van der Waals surface area contributed by atoms with E-state index in [1.807, 2.05) is 12.1 Å². The standard InChI is InChI=1S/C23H33NO2/c1-16(22(25)26)21-5-3-17(4-6-21)15-24-8-2-7-23-12-18-9-19(13-23)11-20(10-18)14-23/h3-6,16,18-20,24H,2,7-15H2,1H3,(H,25,26). The van der Waals surface area contributed by atoms with Gasteiger partial charge in [-0.05, 0) is 99.1 Å². The van der Waals surface area contributed by atoms with Gasteiger partial charge in [-0.1, -0.05) is 24.3 Å². The number of rotatable bonds is 8. The molecule has 4 aliphatic rings. The van der Waals surface area contributed by atoms with Gasteiger partial charge in [-0.3, -0.25) is 4.79 Å². The molecule has 1 aromatic carbocycles.